The van der Waals surface area contributed by atoms with Gasteiger partial charge >= 0.3 is 0 Å². The Hall–Kier alpha value is 1.25. The van der Waals surface area contributed by atoms with Crippen molar-refractivity contribution < 1.29 is 17.1 Å². The number of halogens is 1. The SMILES string of the molecule is I[C]1[CH][CH][CH][CH]1.[CH]1[CH][CH][CH][CH]1.[Fe]. The van der Waals surface area contributed by atoms with Crippen LogP contribution in [0.4, 0.5) is 0 Å². The fraction of sp³-hybridized carbons (Fsp3) is 0. The second-order valence-electron chi connectivity index (χ2n) is 2.07. The first kappa shape index (κ1) is 13.2. The first-order valence-electron chi connectivity index (χ1n) is 3.43. The van der Waals surface area contributed by atoms with E-state index in [-0.39, 0.29) is 17.1 Å². The summed E-state index contributed by atoms with van der Waals surface area (Å²) in [7, 11) is 0. The summed E-state index contributed by atoms with van der Waals surface area (Å²) >= 11 is 2.28. The molecule has 2 aliphatic carbocycles. The second kappa shape index (κ2) is 8.83. The fourth-order valence-corrected chi connectivity index (χ4v) is 1.09. The van der Waals surface area contributed by atoms with Crippen molar-refractivity contribution in [2.75, 3.05) is 0 Å². The Morgan fingerprint density at radius 3 is 1.17 bits per heavy atom. The molecule has 64 valence electrons. The predicted octanol–water partition coefficient (Wildman–Crippen LogP) is 2.80. The number of hydrogen-bond donors (Lipinski definition) is 0. The fourth-order valence-electron chi connectivity index (χ4n) is 0.671. The third-order valence-electron chi connectivity index (χ3n) is 1.18. The van der Waals surface area contributed by atoms with E-state index in [0.29, 0.717) is 0 Å². The van der Waals surface area contributed by atoms with Crippen molar-refractivity contribution in [2.24, 2.45) is 0 Å². The van der Waals surface area contributed by atoms with Crippen molar-refractivity contribution in [2.45, 2.75) is 0 Å². The maximum atomic E-state index is 2.28. The van der Waals surface area contributed by atoms with E-state index in [4.69, 9.17) is 0 Å². The largest absolute Gasteiger partial charge is 0.0767 e. The molecule has 0 N–H and O–H groups in total. The summed E-state index contributed by atoms with van der Waals surface area (Å²) in [5.74, 6) is 0. The van der Waals surface area contributed by atoms with Gasteiger partial charge in [-0.3, -0.25) is 0 Å². The first-order valence-corrected chi connectivity index (χ1v) is 4.51. The average molecular weight is 312 g/mol. The van der Waals surface area contributed by atoms with Gasteiger partial charge in [-0.15, -0.1) is 0 Å². The molecule has 2 fully saturated rings. The van der Waals surface area contributed by atoms with Crippen molar-refractivity contribution in [1.29, 1.82) is 0 Å². The van der Waals surface area contributed by atoms with E-state index >= 15 is 0 Å². The van der Waals surface area contributed by atoms with Gasteiger partial charge in [-0.1, -0.05) is 22.6 Å². The van der Waals surface area contributed by atoms with Crippen LogP contribution in [0, 0.1) is 61.7 Å². The van der Waals surface area contributed by atoms with Gasteiger partial charge < -0.3 is 0 Å². The summed E-state index contributed by atoms with van der Waals surface area (Å²) in [6, 6.07) is 0. The Labute approximate surface area is 101 Å². The van der Waals surface area contributed by atoms with Crippen LogP contribution in [-0.2, 0) is 17.1 Å². The molecule has 0 aromatic rings. The Kier molecular flexibility index (Phi) is 9.75. The van der Waals surface area contributed by atoms with Crippen molar-refractivity contribution in [3.05, 3.63) is 61.7 Å². The van der Waals surface area contributed by atoms with Gasteiger partial charge in [-0.2, -0.15) is 0 Å². The average Bonchev–Trinajstić information content (AvgIpc) is 2.57. The summed E-state index contributed by atoms with van der Waals surface area (Å²) in [6.45, 7) is 0. The van der Waals surface area contributed by atoms with E-state index in [1.165, 1.54) is 3.92 Å². The van der Waals surface area contributed by atoms with Gasteiger partial charge in [0.15, 0.2) is 0 Å². The quantitative estimate of drug-likeness (QED) is 0.477. The smallest absolute Gasteiger partial charge is 0.0442 e. The molecule has 0 aromatic carbocycles. The van der Waals surface area contributed by atoms with E-state index in [1.807, 2.05) is 44.9 Å². The van der Waals surface area contributed by atoms with Gasteiger partial charge in [0.25, 0.3) is 0 Å². The van der Waals surface area contributed by atoms with Crippen LogP contribution in [0.15, 0.2) is 0 Å². The molecular weight excluding hydrogens is 303 g/mol. The molecule has 0 atom stereocenters. The van der Waals surface area contributed by atoms with Crippen molar-refractivity contribution in [3.63, 3.8) is 0 Å². The van der Waals surface area contributed by atoms with Crippen LogP contribution in [0.5, 0.6) is 0 Å². The summed E-state index contributed by atoms with van der Waals surface area (Å²) in [5.41, 5.74) is 0. The van der Waals surface area contributed by atoms with Crippen LogP contribution in [0.3, 0.4) is 0 Å². The molecule has 2 heteroatoms. The van der Waals surface area contributed by atoms with Crippen LogP contribution in [-0.4, -0.2) is 0 Å². The molecule has 2 saturated carbocycles. The standard InChI is InChI=1S/C5H4I.C5H5.Fe/c6-5-3-1-2-4-5;1-2-4-5-3-1;/h1-4H;1-5H;. The molecule has 0 spiro atoms. The minimum Gasteiger partial charge on any atom is -0.0767 e. The molecule has 2 aliphatic rings. The third-order valence-corrected chi connectivity index (χ3v) is 1.90. The van der Waals surface area contributed by atoms with Crippen LogP contribution < -0.4 is 0 Å². The summed E-state index contributed by atoms with van der Waals surface area (Å²) in [5, 5.41) is 0. The van der Waals surface area contributed by atoms with Gasteiger partial charge in [0.05, 0.1) is 0 Å². The van der Waals surface area contributed by atoms with Gasteiger partial charge in [-0.05, 0) is 57.8 Å². The van der Waals surface area contributed by atoms with Gasteiger partial charge in [-0.25, -0.2) is 0 Å². The van der Waals surface area contributed by atoms with Crippen LogP contribution in [0.2, 0.25) is 0 Å². The second-order valence-corrected chi connectivity index (χ2v) is 3.31. The molecular formula is C10H9FeI. The molecule has 2 rings (SSSR count). The normalized spacial score (nSPS) is 22.8. The Balaban J connectivity index is 0.000000189. The molecule has 0 bridgehead atoms. The molecule has 0 heterocycles. The predicted molar refractivity (Wildman–Crippen MR) is 56.0 cm³/mol. The molecule has 12 heavy (non-hydrogen) atoms. The molecule has 10 radical (unpaired) electrons. The molecule has 0 amide bonds. The first-order chi connectivity index (χ1) is 5.39. The van der Waals surface area contributed by atoms with Crippen LogP contribution in [0.25, 0.3) is 0 Å². The van der Waals surface area contributed by atoms with Crippen LogP contribution in [0.1, 0.15) is 0 Å². The van der Waals surface area contributed by atoms with Crippen molar-refractivity contribution in [1.82, 2.24) is 0 Å². The zero-order chi connectivity index (χ0) is 7.94. The molecule has 0 aromatic heterocycles. The summed E-state index contributed by atoms with van der Waals surface area (Å²) in [4.78, 5) is 0. The number of hydrogen-bond acceptors (Lipinski definition) is 0. The Morgan fingerprint density at radius 2 is 1.00 bits per heavy atom. The topological polar surface area (TPSA) is 0 Å². The van der Waals surface area contributed by atoms with Gasteiger partial charge in [0, 0.05) is 21.0 Å². The van der Waals surface area contributed by atoms with Crippen LogP contribution >= 0.6 is 22.6 Å². The minimum absolute atomic E-state index is 0. The maximum Gasteiger partial charge on any atom is 0.0442 e. The summed E-state index contributed by atoms with van der Waals surface area (Å²) in [6.07, 6.45) is 18.2. The molecule has 0 saturated heterocycles. The maximum absolute atomic E-state index is 2.28. The molecule has 0 aliphatic heterocycles. The van der Waals surface area contributed by atoms with E-state index < -0.39 is 0 Å². The minimum atomic E-state index is 0. The third kappa shape index (κ3) is 6.73. The van der Waals surface area contributed by atoms with E-state index in [1.54, 1.807) is 0 Å². The summed E-state index contributed by atoms with van der Waals surface area (Å²) < 4.78 is 1.31. The zero-order valence-electron chi connectivity index (χ0n) is 6.43. The van der Waals surface area contributed by atoms with Gasteiger partial charge in [0.2, 0.25) is 0 Å². The van der Waals surface area contributed by atoms with E-state index in [9.17, 15) is 0 Å². The van der Waals surface area contributed by atoms with E-state index in [0.717, 1.165) is 0 Å². The Morgan fingerprint density at radius 1 is 0.667 bits per heavy atom. The van der Waals surface area contributed by atoms with Crippen molar-refractivity contribution >= 4 is 22.6 Å². The molecule has 0 nitrogen and oxygen atoms in total. The number of rotatable bonds is 0. The van der Waals surface area contributed by atoms with E-state index in [2.05, 4.69) is 35.4 Å². The monoisotopic (exact) mass is 312 g/mol. The molecule has 0 unspecified atom stereocenters. The Bertz CT molecular complexity index is 78.2. The van der Waals surface area contributed by atoms with Gasteiger partial charge in [0.1, 0.15) is 0 Å². The zero-order valence-corrected chi connectivity index (χ0v) is 9.69. The van der Waals surface area contributed by atoms with Crippen molar-refractivity contribution in [3.8, 4) is 0 Å².